The van der Waals surface area contributed by atoms with Crippen LogP contribution in [0, 0.1) is 12.7 Å². The van der Waals surface area contributed by atoms with Gasteiger partial charge in [0.05, 0.1) is 22.8 Å². The van der Waals surface area contributed by atoms with Gasteiger partial charge >= 0.3 is 0 Å². The van der Waals surface area contributed by atoms with Gasteiger partial charge in [-0.2, -0.15) is 0 Å². The number of aromatic nitrogens is 3. The van der Waals surface area contributed by atoms with Crippen LogP contribution in [-0.4, -0.2) is 26.6 Å². The molecule has 0 aliphatic carbocycles. The molecule has 1 aliphatic heterocycles. The normalized spacial score (nSPS) is 18.6. The number of likely N-dealkylation sites (tertiary alicyclic amines) is 1. The lowest BCUT2D eigenvalue weighted by molar-refractivity contribution is 0.119. The molecule has 0 spiro atoms. The van der Waals surface area contributed by atoms with Crippen molar-refractivity contribution in [1.82, 2.24) is 20.1 Å². The number of halogens is 1. The number of nitrogens with zero attached hydrogens (tertiary/aromatic N) is 4. The van der Waals surface area contributed by atoms with Gasteiger partial charge in [0, 0.05) is 11.4 Å². The van der Waals surface area contributed by atoms with E-state index in [9.17, 15) is 4.39 Å². The highest BCUT2D eigenvalue weighted by Crippen LogP contribution is 2.34. The maximum atomic E-state index is 14.0. The summed E-state index contributed by atoms with van der Waals surface area (Å²) in [4.78, 5) is 7.96. The highest BCUT2D eigenvalue weighted by atomic mass is 32.1. The third-order valence-electron chi connectivity index (χ3n) is 4.64. The molecule has 7 heteroatoms. The third-order valence-corrected chi connectivity index (χ3v) is 5.56. The molecule has 1 fully saturated rings. The Hall–Kier alpha value is -2.12. The second-order valence-electron chi connectivity index (χ2n) is 6.27. The zero-order valence-electron chi connectivity index (χ0n) is 14.0. The van der Waals surface area contributed by atoms with E-state index in [-0.39, 0.29) is 17.7 Å². The number of hydrogen-bond donors (Lipinski definition) is 0. The molecule has 3 aromatic rings. The van der Waals surface area contributed by atoms with Gasteiger partial charge in [-0.05, 0) is 38.4 Å². The fourth-order valence-corrected chi connectivity index (χ4v) is 4.04. The second-order valence-corrected chi connectivity index (χ2v) is 7.21. The van der Waals surface area contributed by atoms with E-state index < -0.39 is 0 Å². The number of aryl methyl sites for hydroxylation is 1. The fourth-order valence-electron chi connectivity index (χ4n) is 3.24. The van der Waals surface area contributed by atoms with Gasteiger partial charge < -0.3 is 4.42 Å². The van der Waals surface area contributed by atoms with Crippen molar-refractivity contribution in [2.24, 2.45) is 0 Å². The quantitative estimate of drug-likeness (QED) is 0.693. The van der Waals surface area contributed by atoms with Crippen LogP contribution in [0.4, 0.5) is 4.39 Å². The summed E-state index contributed by atoms with van der Waals surface area (Å²) in [5.41, 5.74) is 3.31. The summed E-state index contributed by atoms with van der Waals surface area (Å²) in [6.45, 7) is 3.85. The molecule has 4 rings (SSSR count). The smallest absolute Gasteiger partial charge is 0.250 e. The maximum absolute atomic E-state index is 14.0. The van der Waals surface area contributed by atoms with Crippen LogP contribution in [0.1, 0.15) is 41.8 Å². The fraction of sp³-hybridized carbons (Fsp3) is 0.389. The van der Waals surface area contributed by atoms with Crippen molar-refractivity contribution in [2.75, 3.05) is 6.54 Å². The average Bonchev–Trinajstić information content (AvgIpc) is 3.26. The zero-order valence-corrected chi connectivity index (χ0v) is 14.8. The minimum absolute atomic E-state index is 0.0725. The van der Waals surface area contributed by atoms with E-state index in [0.29, 0.717) is 11.5 Å². The van der Waals surface area contributed by atoms with E-state index in [2.05, 4.69) is 20.1 Å². The highest BCUT2D eigenvalue weighted by Gasteiger charge is 2.29. The van der Waals surface area contributed by atoms with Crippen LogP contribution in [0.25, 0.3) is 11.5 Å². The van der Waals surface area contributed by atoms with Gasteiger partial charge in [0.2, 0.25) is 5.89 Å². The topological polar surface area (TPSA) is 55.1 Å². The van der Waals surface area contributed by atoms with Gasteiger partial charge in [-0.25, -0.2) is 9.37 Å². The molecule has 0 amide bonds. The summed E-state index contributed by atoms with van der Waals surface area (Å²) >= 11 is 1.68. The summed E-state index contributed by atoms with van der Waals surface area (Å²) in [6.07, 6.45) is 3.25. The Morgan fingerprint density at radius 3 is 2.96 bits per heavy atom. The molecule has 5 nitrogen and oxygen atoms in total. The van der Waals surface area contributed by atoms with E-state index in [1.807, 2.05) is 12.4 Å². The Labute approximate surface area is 149 Å². The number of benzene rings is 1. The maximum Gasteiger partial charge on any atom is 0.250 e. The van der Waals surface area contributed by atoms with E-state index >= 15 is 0 Å². The van der Waals surface area contributed by atoms with Gasteiger partial charge in [-0.1, -0.05) is 18.6 Å². The van der Waals surface area contributed by atoms with Gasteiger partial charge in [-0.3, -0.25) is 4.90 Å². The lowest BCUT2D eigenvalue weighted by Crippen LogP contribution is -2.33. The molecule has 0 bridgehead atoms. The van der Waals surface area contributed by atoms with Crippen LogP contribution in [0.3, 0.4) is 0 Å². The number of thiazole rings is 1. The van der Waals surface area contributed by atoms with E-state index in [1.165, 1.54) is 10.9 Å². The van der Waals surface area contributed by atoms with Gasteiger partial charge in [-0.15, -0.1) is 21.5 Å². The van der Waals surface area contributed by atoms with Crippen LogP contribution in [0.15, 0.2) is 34.2 Å². The Kier molecular flexibility index (Phi) is 4.59. The first kappa shape index (κ1) is 16.4. The van der Waals surface area contributed by atoms with Gasteiger partial charge in [0.15, 0.2) is 0 Å². The van der Waals surface area contributed by atoms with Gasteiger partial charge in [0.25, 0.3) is 5.89 Å². The molecule has 1 atom stereocenters. The van der Waals surface area contributed by atoms with Crippen LogP contribution in [0.2, 0.25) is 0 Å². The summed E-state index contributed by atoms with van der Waals surface area (Å²) < 4.78 is 19.8. The molecule has 2 aromatic heterocycles. The molecule has 25 heavy (non-hydrogen) atoms. The Morgan fingerprint density at radius 1 is 1.28 bits per heavy atom. The van der Waals surface area contributed by atoms with Crippen LogP contribution < -0.4 is 0 Å². The van der Waals surface area contributed by atoms with Crippen LogP contribution >= 0.6 is 11.3 Å². The lowest BCUT2D eigenvalue weighted by Gasteiger charge is -2.33. The van der Waals surface area contributed by atoms with Crippen molar-refractivity contribution in [3.63, 3.8) is 0 Å². The Morgan fingerprint density at radius 2 is 2.16 bits per heavy atom. The number of piperidine rings is 1. The predicted octanol–water partition coefficient (Wildman–Crippen LogP) is 4.37. The Balaban J connectivity index is 1.59. The molecule has 0 N–H and O–H groups in total. The Bertz CT molecular complexity index is 862. The summed E-state index contributed by atoms with van der Waals surface area (Å²) in [5.74, 6) is 0.464. The number of hydrogen-bond acceptors (Lipinski definition) is 6. The molecule has 1 unspecified atom stereocenters. The zero-order chi connectivity index (χ0) is 17.2. The van der Waals surface area contributed by atoms with Crippen molar-refractivity contribution in [3.05, 3.63) is 52.1 Å². The van der Waals surface area contributed by atoms with E-state index in [1.54, 1.807) is 29.5 Å². The first-order valence-corrected chi connectivity index (χ1v) is 9.31. The molecule has 1 aromatic carbocycles. The molecule has 130 valence electrons. The molecule has 0 radical (unpaired) electrons. The second kappa shape index (κ2) is 7.01. The predicted molar refractivity (Wildman–Crippen MR) is 93.5 cm³/mol. The molecular weight excluding hydrogens is 339 g/mol. The van der Waals surface area contributed by atoms with E-state index in [0.717, 1.165) is 38.0 Å². The summed E-state index contributed by atoms with van der Waals surface area (Å²) in [5, 5.41) is 8.30. The molecule has 3 heterocycles. The van der Waals surface area contributed by atoms with Crippen molar-refractivity contribution in [3.8, 4) is 11.5 Å². The minimum Gasteiger partial charge on any atom is -0.419 e. The lowest BCUT2D eigenvalue weighted by atomic mass is 10.0. The van der Waals surface area contributed by atoms with Crippen molar-refractivity contribution in [2.45, 2.75) is 38.8 Å². The third kappa shape index (κ3) is 3.34. The van der Waals surface area contributed by atoms with Crippen molar-refractivity contribution < 1.29 is 8.81 Å². The molecule has 0 saturated carbocycles. The highest BCUT2D eigenvalue weighted by molar-refractivity contribution is 7.09. The average molecular weight is 358 g/mol. The van der Waals surface area contributed by atoms with Crippen LogP contribution in [0.5, 0.6) is 0 Å². The van der Waals surface area contributed by atoms with E-state index in [4.69, 9.17) is 4.42 Å². The SMILES string of the molecule is Cc1ncsc1CN1CCCCC1c1nnc(-c2ccccc2F)o1. The summed E-state index contributed by atoms with van der Waals surface area (Å²) in [7, 11) is 0. The molecular formula is C18H19FN4OS. The number of rotatable bonds is 4. The summed E-state index contributed by atoms with van der Waals surface area (Å²) in [6, 6.07) is 6.55. The van der Waals surface area contributed by atoms with Crippen molar-refractivity contribution >= 4 is 11.3 Å². The first-order chi connectivity index (χ1) is 12.2. The first-order valence-electron chi connectivity index (χ1n) is 8.43. The standard InChI is InChI=1S/C18H19FN4OS/c1-12-16(25-11-20-12)10-23-9-5-4-8-15(23)18-22-21-17(24-18)13-6-2-3-7-14(13)19/h2-3,6-7,11,15H,4-5,8-10H2,1H3. The largest absolute Gasteiger partial charge is 0.419 e. The van der Waals surface area contributed by atoms with Crippen LogP contribution in [-0.2, 0) is 6.54 Å². The molecule has 1 aliphatic rings. The van der Waals surface area contributed by atoms with Gasteiger partial charge in [0.1, 0.15) is 5.82 Å². The monoisotopic (exact) mass is 358 g/mol. The minimum atomic E-state index is -0.349. The van der Waals surface area contributed by atoms with Crippen molar-refractivity contribution in [1.29, 1.82) is 0 Å². The molecule has 1 saturated heterocycles.